The van der Waals surface area contributed by atoms with Gasteiger partial charge in [-0.3, -0.25) is 0 Å². The predicted molar refractivity (Wildman–Crippen MR) is 104 cm³/mol. The molecule has 0 heterocycles. The highest BCUT2D eigenvalue weighted by Gasteiger charge is 2.32. The molecule has 6 N–H and O–H groups in total. The van der Waals surface area contributed by atoms with E-state index in [0.717, 1.165) is 18.9 Å². The monoisotopic (exact) mass is 414 g/mol. The Hall–Kier alpha value is -2.01. The summed E-state index contributed by atoms with van der Waals surface area (Å²) in [5.41, 5.74) is 0.697. The van der Waals surface area contributed by atoms with Crippen LogP contribution in [-0.2, 0) is 9.47 Å². The third kappa shape index (κ3) is 8.48. The number of carbonyl (C=O) groups is 1. The van der Waals surface area contributed by atoms with Gasteiger partial charge in [0.2, 0.25) is 0 Å². The summed E-state index contributed by atoms with van der Waals surface area (Å²) in [6, 6.07) is 5.91. The number of rotatable bonds is 13. The van der Waals surface area contributed by atoms with Crippen LogP contribution in [-0.4, -0.2) is 87.5 Å². The van der Waals surface area contributed by atoms with E-state index in [2.05, 4.69) is 6.92 Å². The Bertz CT molecular complexity index is 629. The van der Waals surface area contributed by atoms with Gasteiger partial charge in [-0.1, -0.05) is 25.5 Å². The van der Waals surface area contributed by atoms with Gasteiger partial charge in [-0.2, -0.15) is 0 Å². The maximum Gasteiger partial charge on any atom is 0.338 e. The fraction of sp³-hybridized carbons (Fsp3) is 0.550. The second-order valence-electron chi connectivity index (χ2n) is 6.47. The number of carbonyl (C=O) groups excluding carboxylic acids is 1. The number of aliphatic hydroxyl groups excluding tert-OH is 6. The molecule has 1 aromatic carbocycles. The van der Waals surface area contributed by atoms with Crippen molar-refractivity contribution in [2.24, 2.45) is 0 Å². The first kappa shape index (κ1) is 25.0. The summed E-state index contributed by atoms with van der Waals surface area (Å²) in [6.45, 7) is 2.30. The molecular weight excluding hydrogens is 384 g/mol. The Morgan fingerprint density at radius 1 is 1.03 bits per heavy atom. The first-order valence-electron chi connectivity index (χ1n) is 9.40. The molecule has 9 nitrogen and oxygen atoms in total. The van der Waals surface area contributed by atoms with Gasteiger partial charge in [0.1, 0.15) is 36.8 Å². The molecule has 0 unspecified atom stereocenters. The number of aliphatic hydroxyl groups is 6. The summed E-state index contributed by atoms with van der Waals surface area (Å²) < 4.78 is 10.4. The van der Waals surface area contributed by atoms with E-state index in [-0.39, 0.29) is 12.2 Å². The van der Waals surface area contributed by atoms with Gasteiger partial charge >= 0.3 is 5.97 Å². The third-order valence-electron chi connectivity index (χ3n) is 4.12. The van der Waals surface area contributed by atoms with E-state index in [4.69, 9.17) is 14.6 Å². The maximum atomic E-state index is 11.9. The number of unbranched alkanes of at least 4 members (excludes halogenated alkanes) is 1. The van der Waals surface area contributed by atoms with E-state index in [9.17, 15) is 30.3 Å². The lowest BCUT2D eigenvalue weighted by molar-refractivity contribution is -0.112. The zero-order chi connectivity index (χ0) is 21.8. The third-order valence-corrected chi connectivity index (χ3v) is 4.12. The second-order valence-corrected chi connectivity index (χ2v) is 6.47. The van der Waals surface area contributed by atoms with Crippen LogP contribution in [0.1, 0.15) is 35.7 Å². The molecule has 4 atom stereocenters. The molecule has 164 valence electrons. The zero-order valence-electron chi connectivity index (χ0n) is 16.3. The van der Waals surface area contributed by atoms with Crippen LogP contribution >= 0.6 is 0 Å². The average Bonchev–Trinajstić information content (AvgIpc) is 2.74. The predicted octanol–water partition coefficient (Wildman–Crippen LogP) is -0.00510. The minimum Gasteiger partial charge on any atom is -0.509 e. The Balaban J connectivity index is 2.60. The summed E-state index contributed by atoms with van der Waals surface area (Å²) in [6.07, 6.45) is -4.23. The van der Waals surface area contributed by atoms with E-state index >= 15 is 0 Å². The lowest BCUT2D eigenvalue weighted by Gasteiger charge is -2.25. The fourth-order valence-corrected chi connectivity index (χ4v) is 2.29. The molecule has 0 spiro atoms. The van der Waals surface area contributed by atoms with Crippen molar-refractivity contribution >= 4 is 12.0 Å². The van der Waals surface area contributed by atoms with E-state index in [1.165, 1.54) is 24.3 Å². The summed E-state index contributed by atoms with van der Waals surface area (Å²) in [7, 11) is 0. The summed E-state index contributed by atoms with van der Waals surface area (Å²) in [5.74, 6) is -1.19. The number of ether oxygens (including phenoxy) is 2. The van der Waals surface area contributed by atoms with Crippen molar-refractivity contribution in [2.45, 2.75) is 44.2 Å². The molecule has 0 aliphatic rings. The molecule has 0 saturated heterocycles. The second kappa shape index (κ2) is 13.3. The largest absolute Gasteiger partial charge is 0.509 e. The van der Waals surface area contributed by atoms with Crippen LogP contribution in [0.5, 0.6) is 0 Å². The van der Waals surface area contributed by atoms with E-state index in [1.54, 1.807) is 0 Å². The fourth-order valence-electron chi connectivity index (χ4n) is 2.29. The Labute approximate surface area is 169 Å². The molecular formula is C20H30O9. The molecule has 0 fully saturated rings. The van der Waals surface area contributed by atoms with Crippen molar-refractivity contribution in [2.75, 3.05) is 26.4 Å². The molecule has 0 aliphatic carbocycles. The lowest BCUT2D eigenvalue weighted by Crippen LogP contribution is -2.46. The number of hydrogen-bond donors (Lipinski definition) is 6. The highest BCUT2D eigenvalue weighted by Crippen LogP contribution is 2.15. The minimum atomic E-state index is -1.91. The van der Waals surface area contributed by atoms with E-state index < -0.39 is 42.8 Å². The van der Waals surface area contributed by atoms with Crippen LogP contribution in [0, 0.1) is 0 Å². The highest BCUT2D eigenvalue weighted by atomic mass is 16.6. The molecule has 0 amide bonds. The van der Waals surface area contributed by atoms with Gasteiger partial charge < -0.3 is 40.1 Å². The smallest absolute Gasteiger partial charge is 0.338 e. The molecule has 0 aliphatic heterocycles. The van der Waals surface area contributed by atoms with E-state index in [0.29, 0.717) is 18.8 Å². The van der Waals surface area contributed by atoms with Crippen molar-refractivity contribution in [3.8, 4) is 0 Å². The summed E-state index contributed by atoms with van der Waals surface area (Å²) in [5, 5.41) is 57.2. The molecule has 0 bridgehead atoms. The van der Waals surface area contributed by atoms with Crippen LogP contribution in [0.4, 0.5) is 0 Å². The molecule has 1 aromatic rings. The van der Waals surface area contributed by atoms with Gasteiger partial charge in [-0.15, -0.1) is 0 Å². The van der Waals surface area contributed by atoms with Gasteiger partial charge in [0.15, 0.2) is 0 Å². The van der Waals surface area contributed by atoms with Gasteiger partial charge in [-0.25, -0.2) is 4.79 Å². The molecule has 29 heavy (non-hydrogen) atoms. The van der Waals surface area contributed by atoms with Crippen molar-refractivity contribution in [3.05, 3.63) is 41.2 Å². The van der Waals surface area contributed by atoms with Crippen LogP contribution in [0.15, 0.2) is 30.0 Å². The van der Waals surface area contributed by atoms with Crippen molar-refractivity contribution in [1.82, 2.24) is 0 Å². The maximum absolute atomic E-state index is 11.9. The number of esters is 1. The van der Waals surface area contributed by atoms with Crippen molar-refractivity contribution < 1.29 is 44.9 Å². The van der Waals surface area contributed by atoms with Gasteiger partial charge in [0, 0.05) is 6.61 Å². The standard InChI is InChI=1S/C20H30O9/c1-2-3-8-28-9-10-29-20(27)14-6-4-13(5-7-14)11-15(22)17(24)19(26)18(25)16(23)12-21/h4-7,11,16-19,21-26H,2-3,8-10,12H2,1H3/t16-,17+,18-,19-/m1/s1. The molecule has 1 rings (SSSR count). The minimum absolute atomic E-state index is 0.136. The van der Waals surface area contributed by atoms with Gasteiger partial charge in [0.25, 0.3) is 0 Å². The summed E-state index contributed by atoms with van der Waals surface area (Å²) in [4.78, 5) is 11.9. The van der Waals surface area contributed by atoms with Crippen LogP contribution in [0.3, 0.4) is 0 Å². The molecule has 0 radical (unpaired) electrons. The normalized spacial score (nSPS) is 16.1. The lowest BCUT2D eigenvalue weighted by atomic mass is 10.0. The Morgan fingerprint density at radius 2 is 1.69 bits per heavy atom. The number of benzene rings is 1. The molecule has 0 saturated carbocycles. The Kier molecular flexibility index (Phi) is 11.4. The first-order chi connectivity index (χ1) is 13.8. The van der Waals surface area contributed by atoms with Crippen molar-refractivity contribution in [3.63, 3.8) is 0 Å². The zero-order valence-corrected chi connectivity index (χ0v) is 16.3. The van der Waals surface area contributed by atoms with Crippen LogP contribution < -0.4 is 0 Å². The quantitative estimate of drug-likeness (QED) is 0.148. The molecule has 9 heteroatoms. The van der Waals surface area contributed by atoms with Crippen LogP contribution in [0.25, 0.3) is 6.08 Å². The first-order valence-corrected chi connectivity index (χ1v) is 9.40. The SMILES string of the molecule is CCCCOCCOC(=O)c1ccc(C=C(O)[C@H](O)[C@@H](O)[C@H](O)[C@H](O)CO)cc1. The van der Waals surface area contributed by atoms with Gasteiger partial charge in [0.05, 0.1) is 18.8 Å². The van der Waals surface area contributed by atoms with Crippen LogP contribution in [0.2, 0.25) is 0 Å². The molecule has 0 aromatic heterocycles. The number of hydrogen-bond acceptors (Lipinski definition) is 9. The summed E-state index contributed by atoms with van der Waals surface area (Å²) >= 11 is 0. The average molecular weight is 414 g/mol. The van der Waals surface area contributed by atoms with Gasteiger partial charge in [-0.05, 0) is 30.2 Å². The topological polar surface area (TPSA) is 157 Å². The van der Waals surface area contributed by atoms with Crippen molar-refractivity contribution in [1.29, 1.82) is 0 Å². The van der Waals surface area contributed by atoms with E-state index in [1.807, 2.05) is 0 Å². The highest BCUT2D eigenvalue weighted by molar-refractivity contribution is 5.89. The Morgan fingerprint density at radius 3 is 2.28 bits per heavy atom.